The average molecular weight is 239 g/mol. The van der Waals surface area contributed by atoms with Crippen LogP contribution < -0.4 is 5.32 Å². The van der Waals surface area contributed by atoms with Crippen molar-refractivity contribution in [1.29, 1.82) is 0 Å². The van der Waals surface area contributed by atoms with E-state index in [4.69, 9.17) is 9.15 Å². The Hall–Kier alpha value is -0.800. The maximum atomic E-state index is 5.88. The van der Waals surface area contributed by atoms with Gasteiger partial charge in [-0.3, -0.25) is 0 Å². The number of ether oxygens (including phenoxy) is 1. The fourth-order valence-electron chi connectivity index (χ4n) is 1.40. The Kier molecular flexibility index (Phi) is 5.72. The van der Waals surface area contributed by atoms with Gasteiger partial charge in [-0.15, -0.1) is 0 Å². The topological polar surface area (TPSA) is 34.4 Å². The predicted molar refractivity (Wildman–Crippen MR) is 69.9 cm³/mol. The van der Waals surface area contributed by atoms with Gasteiger partial charge in [-0.25, -0.2) is 0 Å². The summed E-state index contributed by atoms with van der Waals surface area (Å²) in [5, 5.41) is 3.34. The molecule has 98 valence electrons. The molecule has 0 aliphatic heterocycles. The highest BCUT2D eigenvalue weighted by Gasteiger charge is 2.16. The third-order valence-electron chi connectivity index (χ3n) is 3.02. The van der Waals surface area contributed by atoms with Crippen molar-refractivity contribution in [3.63, 3.8) is 0 Å². The van der Waals surface area contributed by atoms with Gasteiger partial charge < -0.3 is 14.5 Å². The summed E-state index contributed by atoms with van der Waals surface area (Å²) in [7, 11) is 0. The smallest absolute Gasteiger partial charge is 0.123 e. The van der Waals surface area contributed by atoms with Crippen molar-refractivity contribution in [3.8, 4) is 0 Å². The molecule has 0 radical (unpaired) electrons. The van der Waals surface area contributed by atoms with Gasteiger partial charge in [-0.1, -0.05) is 13.8 Å². The summed E-state index contributed by atoms with van der Waals surface area (Å²) in [6.45, 7) is 10.9. The summed E-state index contributed by atoms with van der Waals surface area (Å²) in [6, 6.07) is 1.99. The van der Waals surface area contributed by atoms with Crippen LogP contribution in [0.2, 0.25) is 0 Å². The van der Waals surface area contributed by atoms with Crippen LogP contribution in [0.25, 0.3) is 0 Å². The van der Waals surface area contributed by atoms with E-state index < -0.39 is 0 Å². The molecule has 0 aromatic carbocycles. The summed E-state index contributed by atoms with van der Waals surface area (Å²) in [4.78, 5) is 0. The normalized spacial score (nSPS) is 12.0. The van der Waals surface area contributed by atoms with Crippen LogP contribution in [0.1, 0.15) is 51.9 Å². The molecule has 1 heterocycles. The first-order valence-corrected chi connectivity index (χ1v) is 6.49. The molecule has 1 rings (SSSR count). The van der Waals surface area contributed by atoms with Gasteiger partial charge in [0.2, 0.25) is 0 Å². The van der Waals surface area contributed by atoms with E-state index in [0.717, 1.165) is 37.3 Å². The van der Waals surface area contributed by atoms with Gasteiger partial charge in [-0.05, 0) is 39.3 Å². The number of furan rings is 1. The molecule has 0 aliphatic rings. The molecule has 17 heavy (non-hydrogen) atoms. The van der Waals surface area contributed by atoms with Gasteiger partial charge in [0.15, 0.2) is 0 Å². The van der Waals surface area contributed by atoms with Crippen molar-refractivity contribution in [1.82, 2.24) is 5.32 Å². The quantitative estimate of drug-likeness (QED) is 0.705. The maximum absolute atomic E-state index is 5.88. The molecule has 0 spiro atoms. The van der Waals surface area contributed by atoms with E-state index in [1.807, 2.05) is 6.07 Å². The monoisotopic (exact) mass is 239 g/mol. The Labute approximate surface area is 105 Å². The van der Waals surface area contributed by atoms with Crippen LogP contribution in [0, 0.1) is 0 Å². The Morgan fingerprint density at radius 3 is 2.76 bits per heavy atom. The zero-order valence-electron chi connectivity index (χ0n) is 11.5. The van der Waals surface area contributed by atoms with Gasteiger partial charge in [0.05, 0.1) is 25.0 Å². The molecule has 0 bridgehead atoms. The van der Waals surface area contributed by atoms with Crippen LogP contribution in [0.4, 0.5) is 0 Å². The third kappa shape index (κ3) is 4.92. The van der Waals surface area contributed by atoms with Gasteiger partial charge in [0.25, 0.3) is 0 Å². The summed E-state index contributed by atoms with van der Waals surface area (Å²) >= 11 is 0. The minimum Gasteiger partial charge on any atom is -0.468 e. The first-order valence-electron chi connectivity index (χ1n) is 6.49. The lowest BCUT2D eigenvalue weighted by Gasteiger charge is -2.23. The molecule has 1 N–H and O–H groups in total. The van der Waals surface area contributed by atoms with E-state index >= 15 is 0 Å². The Morgan fingerprint density at radius 1 is 1.35 bits per heavy atom. The fourth-order valence-corrected chi connectivity index (χ4v) is 1.40. The Balaban J connectivity index is 2.45. The SMILES string of the molecule is CCCNCc1occc1COC(C)(C)CC. The molecule has 1 aromatic rings. The Morgan fingerprint density at radius 2 is 2.12 bits per heavy atom. The van der Waals surface area contributed by atoms with Crippen molar-refractivity contribution in [2.75, 3.05) is 6.54 Å². The molecule has 0 amide bonds. The zero-order chi connectivity index (χ0) is 12.7. The van der Waals surface area contributed by atoms with E-state index in [2.05, 4.69) is 33.0 Å². The highest BCUT2D eigenvalue weighted by Crippen LogP contribution is 2.19. The zero-order valence-corrected chi connectivity index (χ0v) is 11.5. The standard InChI is InChI=1S/C14H25NO2/c1-5-8-15-10-13-12(7-9-16-13)11-17-14(3,4)6-2/h7,9,15H,5-6,8,10-11H2,1-4H3. The minimum atomic E-state index is -0.0641. The van der Waals surface area contributed by atoms with Crippen LogP contribution in [-0.4, -0.2) is 12.1 Å². The molecular formula is C14H25NO2. The summed E-state index contributed by atoms with van der Waals surface area (Å²) in [6.07, 6.45) is 3.88. The second-order valence-corrected chi connectivity index (χ2v) is 4.95. The lowest BCUT2D eigenvalue weighted by molar-refractivity contribution is -0.0321. The van der Waals surface area contributed by atoms with E-state index in [-0.39, 0.29) is 5.60 Å². The first-order chi connectivity index (χ1) is 8.09. The van der Waals surface area contributed by atoms with Crippen molar-refractivity contribution in [2.24, 2.45) is 0 Å². The predicted octanol–water partition coefficient (Wildman–Crippen LogP) is 3.48. The van der Waals surface area contributed by atoms with Gasteiger partial charge in [0, 0.05) is 5.56 Å². The lowest BCUT2D eigenvalue weighted by Crippen LogP contribution is -2.23. The van der Waals surface area contributed by atoms with Gasteiger partial charge >= 0.3 is 0 Å². The number of rotatable bonds is 8. The molecule has 0 unspecified atom stereocenters. The molecular weight excluding hydrogens is 214 g/mol. The van der Waals surface area contributed by atoms with Crippen LogP contribution in [0.3, 0.4) is 0 Å². The summed E-state index contributed by atoms with van der Waals surface area (Å²) in [5.74, 6) is 0.991. The largest absolute Gasteiger partial charge is 0.468 e. The van der Waals surface area contributed by atoms with Gasteiger partial charge in [-0.2, -0.15) is 0 Å². The van der Waals surface area contributed by atoms with E-state index in [9.17, 15) is 0 Å². The first kappa shape index (κ1) is 14.3. The second-order valence-electron chi connectivity index (χ2n) is 4.95. The second kappa shape index (κ2) is 6.82. The van der Waals surface area contributed by atoms with Crippen LogP contribution in [0.15, 0.2) is 16.7 Å². The molecule has 0 fully saturated rings. The molecule has 3 nitrogen and oxygen atoms in total. The van der Waals surface area contributed by atoms with Crippen molar-refractivity contribution in [3.05, 3.63) is 23.7 Å². The summed E-state index contributed by atoms with van der Waals surface area (Å²) < 4.78 is 11.3. The molecule has 0 saturated carbocycles. The average Bonchev–Trinajstić information content (AvgIpc) is 2.75. The fraction of sp³-hybridized carbons (Fsp3) is 0.714. The van der Waals surface area contributed by atoms with Crippen molar-refractivity contribution in [2.45, 2.75) is 59.3 Å². The summed E-state index contributed by atoms with van der Waals surface area (Å²) in [5.41, 5.74) is 1.08. The number of hydrogen-bond donors (Lipinski definition) is 1. The number of hydrogen-bond acceptors (Lipinski definition) is 3. The maximum Gasteiger partial charge on any atom is 0.123 e. The highest BCUT2D eigenvalue weighted by molar-refractivity contribution is 5.15. The molecule has 1 aromatic heterocycles. The van der Waals surface area contributed by atoms with Crippen LogP contribution in [0.5, 0.6) is 0 Å². The minimum absolute atomic E-state index is 0.0641. The van der Waals surface area contributed by atoms with Crippen LogP contribution in [-0.2, 0) is 17.9 Å². The number of nitrogens with one attached hydrogen (secondary N) is 1. The molecule has 0 saturated heterocycles. The van der Waals surface area contributed by atoms with E-state index in [1.54, 1.807) is 6.26 Å². The van der Waals surface area contributed by atoms with Crippen molar-refractivity contribution >= 4 is 0 Å². The van der Waals surface area contributed by atoms with E-state index in [1.165, 1.54) is 0 Å². The molecule has 3 heteroatoms. The molecule has 0 atom stereocenters. The third-order valence-corrected chi connectivity index (χ3v) is 3.02. The van der Waals surface area contributed by atoms with Crippen LogP contribution >= 0.6 is 0 Å². The van der Waals surface area contributed by atoms with E-state index in [0.29, 0.717) is 6.61 Å². The lowest BCUT2D eigenvalue weighted by atomic mass is 10.1. The van der Waals surface area contributed by atoms with Crippen molar-refractivity contribution < 1.29 is 9.15 Å². The molecule has 0 aliphatic carbocycles. The van der Waals surface area contributed by atoms with Gasteiger partial charge in [0.1, 0.15) is 5.76 Å². The Bertz CT molecular complexity index is 318. The highest BCUT2D eigenvalue weighted by atomic mass is 16.5.